The number of rotatable bonds is 8. The fourth-order valence-electron chi connectivity index (χ4n) is 3.85. The average molecular weight is 492 g/mol. The molecule has 1 aliphatic rings. The molecule has 2 aromatic carbocycles. The summed E-state index contributed by atoms with van der Waals surface area (Å²) < 4.78 is 17.3. The van der Waals surface area contributed by atoms with Crippen molar-refractivity contribution in [2.75, 3.05) is 58.5 Å². The van der Waals surface area contributed by atoms with Crippen molar-refractivity contribution in [3.63, 3.8) is 0 Å². The van der Waals surface area contributed by atoms with Crippen molar-refractivity contribution in [1.29, 1.82) is 0 Å². The summed E-state index contributed by atoms with van der Waals surface area (Å²) in [6.45, 7) is 6.94. The number of aryl methyl sites for hydroxylation is 1. The Morgan fingerprint density at radius 2 is 1.97 bits per heavy atom. The van der Waals surface area contributed by atoms with Gasteiger partial charge in [-0.1, -0.05) is 23.5 Å². The highest BCUT2D eigenvalue weighted by Gasteiger charge is 2.23. The number of hydrogen-bond donors (Lipinski definition) is 0. The Morgan fingerprint density at radius 1 is 1.18 bits per heavy atom. The van der Waals surface area contributed by atoms with E-state index < -0.39 is 0 Å². The number of methoxy groups -OCH3 is 2. The second-order valence-corrected chi connectivity index (χ2v) is 8.73. The fourth-order valence-corrected chi connectivity index (χ4v) is 4.93. The third-order valence-corrected chi connectivity index (χ3v) is 6.88. The Labute approximate surface area is 204 Å². The van der Waals surface area contributed by atoms with Gasteiger partial charge in [-0.15, -0.1) is 12.4 Å². The predicted molar refractivity (Wildman–Crippen MR) is 135 cm³/mol. The molecule has 0 unspecified atom stereocenters. The van der Waals surface area contributed by atoms with Crippen LogP contribution in [0.15, 0.2) is 36.4 Å². The van der Waals surface area contributed by atoms with E-state index in [9.17, 15) is 4.79 Å². The highest BCUT2D eigenvalue weighted by molar-refractivity contribution is 7.22. The van der Waals surface area contributed by atoms with Crippen molar-refractivity contribution in [2.45, 2.75) is 13.3 Å². The predicted octanol–water partition coefficient (Wildman–Crippen LogP) is 4.41. The molecule has 0 spiro atoms. The quantitative estimate of drug-likeness (QED) is 0.465. The van der Waals surface area contributed by atoms with Crippen LogP contribution < -0.4 is 14.4 Å². The van der Waals surface area contributed by atoms with Gasteiger partial charge < -0.3 is 14.2 Å². The van der Waals surface area contributed by atoms with E-state index in [2.05, 4.69) is 11.8 Å². The average Bonchev–Trinajstić information content (AvgIpc) is 3.28. The minimum atomic E-state index is -0.0819. The van der Waals surface area contributed by atoms with Crippen LogP contribution >= 0.6 is 23.7 Å². The first kappa shape index (κ1) is 25.2. The minimum absolute atomic E-state index is 0. The summed E-state index contributed by atoms with van der Waals surface area (Å²) in [6, 6.07) is 11.2. The number of thiazole rings is 1. The van der Waals surface area contributed by atoms with Crippen molar-refractivity contribution < 1.29 is 19.0 Å². The lowest BCUT2D eigenvalue weighted by Crippen LogP contribution is -2.39. The maximum Gasteiger partial charge on any atom is 0.260 e. The Balaban J connectivity index is 0.00000306. The van der Waals surface area contributed by atoms with Gasteiger partial charge >= 0.3 is 0 Å². The number of anilines is 1. The summed E-state index contributed by atoms with van der Waals surface area (Å²) in [6.07, 6.45) is 0.849. The van der Waals surface area contributed by atoms with Crippen LogP contribution in [-0.2, 0) is 4.74 Å². The smallest absolute Gasteiger partial charge is 0.260 e. The Morgan fingerprint density at radius 3 is 2.70 bits per heavy atom. The fraction of sp³-hybridized carbons (Fsp3) is 0.417. The molecule has 3 aromatic rings. The van der Waals surface area contributed by atoms with Crippen LogP contribution in [0.3, 0.4) is 0 Å². The van der Waals surface area contributed by atoms with Crippen molar-refractivity contribution in [1.82, 2.24) is 9.88 Å². The van der Waals surface area contributed by atoms with E-state index in [0.717, 1.165) is 60.8 Å². The second-order valence-electron chi connectivity index (χ2n) is 7.76. The van der Waals surface area contributed by atoms with Gasteiger partial charge in [-0.2, -0.15) is 0 Å². The lowest BCUT2D eigenvalue weighted by Gasteiger charge is -2.27. The van der Waals surface area contributed by atoms with Gasteiger partial charge in [-0.25, -0.2) is 4.98 Å². The van der Waals surface area contributed by atoms with Gasteiger partial charge in [0.1, 0.15) is 17.0 Å². The number of amides is 1. The van der Waals surface area contributed by atoms with Crippen molar-refractivity contribution in [3.05, 3.63) is 47.5 Å². The maximum absolute atomic E-state index is 13.6. The highest BCUT2D eigenvalue weighted by Crippen LogP contribution is 2.37. The molecule has 1 saturated heterocycles. The molecule has 1 fully saturated rings. The zero-order valence-corrected chi connectivity index (χ0v) is 20.8. The molecule has 4 rings (SSSR count). The lowest BCUT2D eigenvalue weighted by atomic mass is 10.2. The number of fused-ring (bicyclic) bond motifs is 1. The third-order valence-electron chi connectivity index (χ3n) is 5.66. The molecule has 0 bridgehead atoms. The number of nitrogens with zero attached hydrogens (tertiary/aromatic N) is 3. The van der Waals surface area contributed by atoms with Gasteiger partial charge in [0, 0.05) is 31.7 Å². The molecule has 1 amide bonds. The summed E-state index contributed by atoms with van der Waals surface area (Å²) in [5.41, 5.74) is 2.49. The van der Waals surface area contributed by atoms with Gasteiger partial charge in [-0.05, 0) is 43.2 Å². The van der Waals surface area contributed by atoms with E-state index in [4.69, 9.17) is 19.2 Å². The first-order valence-electron chi connectivity index (χ1n) is 10.8. The maximum atomic E-state index is 13.6. The molecule has 0 saturated carbocycles. The number of hydrogen-bond acceptors (Lipinski definition) is 7. The Bertz CT molecular complexity index is 1080. The first-order valence-corrected chi connectivity index (χ1v) is 11.6. The zero-order valence-electron chi connectivity index (χ0n) is 19.2. The molecule has 0 aliphatic carbocycles. The number of carbonyl (C=O) groups is 1. The number of halogens is 1. The highest BCUT2D eigenvalue weighted by atomic mass is 35.5. The van der Waals surface area contributed by atoms with E-state index >= 15 is 0 Å². The van der Waals surface area contributed by atoms with Crippen LogP contribution in [0.25, 0.3) is 10.2 Å². The van der Waals surface area contributed by atoms with Crippen LogP contribution in [0.5, 0.6) is 11.5 Å². The molecule has 7 nitrogen and oxygen atoms in total. The molecular formula is C24H30ClN3O4S. The molecule has 178 valence electrons. The zero-order chi connectivity index (χ0) is 22.5. The molecule has 9 heteroatoms. The second kappa shape index (κ2) is 11.7. The van der Waals surface area contributed by atoms with E-state index in [0.29, 0.717) is 23.0 Å². The van der Waals surface area contributed by atoms with Crippen LogP contribution in [0.2, 0.25) is 0 Å². The van der Waals surface area contributed by atoms with Crippen molar-refractivity contribution in [2.24, 2.45) is 0 Å². The van der Waals surface area contributed by atoms with Crippen LogP contribution in [0.4, 0.5) is 5.13 Å². The standard InChI is InChI=1S/C24H29N3O4S.ClH/c1-17-8-9-20(30-3)21-22(17)32-24(25-21)27(11-5-10-26-12-14-31-15-13-26)23(28)18-6-4-7-19(16-18)29-2;/h4,6-9,16H,5,10-15H2,1-3H3;1H. The van der Waals surface area contributed by atoms with Gasteiger partial charge in [0.25, 0.3) is 5.91 Å². The normalized spacial score (nSPS) is 14.0. The van der Waals surface area contributed by atoms with Crippen LogP contribution in [0, 0.1) is 6.92 Å². The SMILES string of the molecule is COc1cccc(C(=O)N(CCCN2CCOCC2)c2nc3c(OC)ccc(C)c3s2)c1.Cl. The number of aromatic nitrogens is 1. The van der Waals surface area contributed by atoms with Crippen molar-refractivity contribution >= 4 is 45.0 Å². The number of benzene rings is 2. The monoisotopic (exact) mass is 491 g/mol. The minimum Gasteiger partial charge on any atom is -0.497 e. The summed E-state index contributed by atoms with van der Waals surface area (Å²) in [5.74, 6) is 1.29. The summed E-state index contributed by atoms with van der Waals surface area (Å²) in [7, 11) is 3.25. The molecular weight excluding hydrogens is 462 g/mol. The van der Waals surface area contributed by atoms with Crippen LogP contribution in [0.1, 0.15) is 22.3 Å². The summed E-state index contributed by atoms with van der Waals surface area (Å²) in [5, 5.41) is 0.683. The number of morpholine rings is 1. The summed E-state index contributed by atoms with van der Waals surface area (Å²) in [4.78, 5) is 22.6. The number of ether oxygens (including phenoxy) is 3. The van der Waals surface area contributed by atoms with Gasteiger partial charge in [0.2, 0.25) is 0 Å². The first-order chi connectivity index (χ1) is 15.6. The third kappa shape index (κ3) is 5.76. The molecule has 1 aliphatic heterocycles. The molecule has 0 N–H and O–H groups in total. The molecule has 33 heavy (non-hydrogen) atoms. The molecule has 0 radical (unpaired) electrons. The number of carbonyl (C=O) groups excluding carboxylic acids is 1. The largest absolute Gasteiger partial charge is 0.497 e. The van der Waals surface area contributed by atoms with Gasteiger partial charge in [-0.3, -0.25) is 14.6 Å². The van der Waals surface area contributed by atoms with Crippen molar-refractivity contribution in [3.8, 4) is 11.5 Å². The lowest BCUT2D eigenvalue weighted by molar-refractivity contribution is 0.0376. The van der Waals surface area contributed by atoms with Gasteiger partial charge in [0.05, 0.1) is 32.1 Å². The Hall–Kier alpha value is -2.39. The van der Waals surface area contributed by atoms with Crippen LogP contribution in [-0.4, -0.2) is 69.4 Å². The van der Waals surface area contributed by atoms with E-state index in [1.807, 2.05) is 30.3 Å². The molecule has 1 aromatic heterocycles. The van der Waals surface area contributed by atoms with E-state index in [1.54, 1.807) is 25.2 Å². The van der Waals surface area contributed by atoms with E-state index in [1.165, 1.54) is 11.3 Å². The topological polar surface area (TPSA) is 64.1 Å². The summed E-state index contributed by atoms with van der Waals surface area (Å²) >= 11 is 1.53. The Kier molecular flexibility index (Phi) is 8.91. The molecule has 0 atom stereocenters. The molecule has 2 heterocycles. The van der Waals surface area contributed by atoms with E-state index in [-0.39, 0.29) is 18.3 Å². The van der Waals surface area contributed by atoms with Gasteiger partial charge in [0.15, 0.2) is 5.13 Å².